The van der Waals surface area contributed by atoms with Gasteiger partial charge in [-0.25, -0.2) is 4.99 Å². The van der Waals surface area contributed by atoms with E-state index in [2.05, 4.69) is 15.9 Å². The van der Waals surface area contributed by atoms with Gasteiger partial charge in [0.25, 0.3) is 5.88 Å². The highest BCUT2D eigenvalue weighted by atomic mass is 19.4. The fourth-order valence-corrected chi connectivity index (χ4v) is 2.70. The summed E-state index contributed by atoms with van der Waals surface area (Å²) in [6, 6.07) is 13.5. The molecule has 0 saturated heterocycles. The van der Waals surface area contributed by atoms with E-state index in [0.717, 1.165) is 29.1 Å². The largest absolute Gasteiger partial charge is 0.846 e. The maximum absolute atomic E-state index is 12.7. The smallest absolute Gasteiger partial charge is 0.416 e. The summed E-state index contributed by atoms with van der Waals surface area (Å²) in [6.07, 6.45) is -2.12. The molecule has 2 unspecified atom stereocenters. The van der Waals surface area contributed by atoms with E-state index in [4.69, 9.17) is 4.84 Å². The summed E-state index contributed by atoms with van der Waals surface area (Å²) in [4.78, 5) is 8.90. The molecular weight excluding hydrogens is 373 g/mol. The van der Waals surface area contributed by atoms with Crippen molar-refractivity contribution in [2.24, 2.45) is 4.99 Å². The zero-order valence-corrected chi connectivity index (χ0v) is 15.0. The number of aliphatic imine (C=N–C) groups is 1. The predicted octanol–water partition coefficient (Wildman–Crippen LogP) is 1.60. The Hall–Kier alpha value is -3.04. The Morgan fingerprint density at radius 2 is 1.96 bits per heavy atom. The monoisotopic (exact) mass is 392 g/mol. The van der Waals surface area contributed by atoms with Crippen LogP contribution in [0.2, 0.25) is 0 Å². The first-order valence-corrected chi connectivity index (χ1v) is 8.56. The number of anilines is 1. The predicted molar refractivity (Wildman–Crippen MR) is 95.4 cm³/mol. The van der Waals surface area contributed by atoms with Crippen molar-refractivity contribution in [2.45, 2.75) is 25.6 Å². The summed E-state index contributed by atoms with van der Waals surface area (Å²) in [5, 5.41) is 15.0. The van der Waals surface area contributed by atoms with Crippen molar-refractivity contribution in [3.05, 3.63) is 77.8 Å². The van der Waals surface area contributed by atoms with Crippen LogP contribution in [0.3, 0.4) is 0 Å². The quantitative estimate of drug-likeness (QED) is 0.534. The van der Waals surface area contributed by atoms with Gasteiger partial charge in [-0.2, -0.15) is 18.2 Å². The second-order valence-electron chi connectivity index (χ2n) is 6.35. The van der Waals surface area contributed by atoms with Crippen molar-refractivity contribution in [1.82, 2.24) is 5.59 Å². The van der Waals surface area contributed by atoms with Crippen molar-refractivity contribution >= 4 is 11.7 Å². The van der Waals surface area contributed by atoms with Crippen molar-refractivity contribution in [3.63, 3.8) is 0 Å². The van der Waals surface area contributed by atoms with Gasteiger partial charge < -0.3 is 15.3 Å². The van der Waals surface area contributed by atoms with E-state index in [0.29, 0.717) is 0 Å². The van der Waals surface area contributed by atoms with E-state index < -0.39 is 17.8 Å². The van der Waals surface area contributed by atoms with Crippen LogP contribution in [0.5, 0.6) is 0 Å². The van der Waals surface area contributed by atoms with Crippen LogP contribution in [0, 0.1) is 0 Å². The number of nitrogens with zero attached hydrogens (tertiary/aromatic N) is 1. The maximum Gasteiger partial charge on any atom is 0.416 e. The molecule has 0 aliphatic carbocycles. The molecule has 6 nitrogen and oxygen atoms in total. The van der Waals surface area contributed by atoms with Gasteiger partial charge in [0.1, 0.15) is 6.04 Å². The fraction of sp³-hybridized carbons (Fsp3) is 0.211. The van der Waals surface area contributed by atoms with E-state index in [9.17, 15) is 18.3 Å². The molecule has 2 atom stereocenters. The second-order valence-corrected chi connectivity index (χ2v) is 6.35. The van der Waals surface area contributed by atoms with E-state index in [1.54, 1.807) is 6.20 Å². The molecule has 3 rings (SSSR count). The summed E-state index contributed by atoms with van der Waals surface area (Å²) in [7, 11) is 0. The molecule has 0 spiro atoms. The number of benzene rings is 2. The zero-order valence-electron chi connectivity index (χ0n) is 15.0. The third-order valence-electron chi connectivity index (χ3n) is 4.12. The minimum atomic E-state index is -4.49. The first-order chi connectivity index (χ1) is 13.3. The number of quaternary nitrogens is 1. The van der Waals surface area contributed by atoms with Crippen LogP contribution in [0.1, 0.15) is 18.1 Å². The summed E-state index contributed by atoms with van der Waals surface area (Å²) in [6.45, 7) is 2.00. The number of hydrogen-bond acceptors (Lipinski definition) is 4. The topological polar surface area (TPSA) is 73.2 Å². The highest BCUT2D eigenvalue weighted by Crippen LogP contribution is 2.30. The van der Waals surface area contributed by atoms with Gasteiger partial charge in [-0.1, -0.05) is 36.4 Å². The van der Waals surface area contributed by atoms with Crippen molar-refractivity contribution < 1.29 is 28.1 Å². The van der Waals surface area contributed by atoms with Gasteiger partial charge in [0.05, 0.1) is 11.6 Å². The Bertz CT molecular complexity index is 869. The van der Waals surface area contributed by atoms with Crippen molar-refractivity contribution in [3.8, 4) is 0 Å². The molecule has 1 aliphatic heterocycles. The Balaban J connectivity index is 1.62. The molecule has 1 heterocycles. The first kappa shape index (κ1) is 19.7. The van der Waals surface area contributed by atoms with Gasteiger partial charge in [0.15, 0.2) is 6.20 Å². The summed E-state index contributed by atoms with van der Waals surface area (Å²) >= 11 is 0. The second kappa shape index (κ2) is 8.32. The molecule has 2 aromatic rings. The lowest BCUT2D eigenvalue weighted by Gasteiger charge is -2.15. The normalized spacial score (nSPS) is 18.4. The number of alkyl halides is 3. The van der Waals surface area contributed by atoms with Crippen LogP contribution in [0.15, 0.2) is 71.7 Å². The average Bonchev–Trinajstić information content (AvgIpc) is 3.10. The van der Waals surface area contributed by atoms with Crippen LogP contribution in [-0.2, 0) is 17.4 Å². The van der Waals surface area contributed by atoms with Gasteiger partial charge >= 0.3 is 6.18 Å². The molecule has 0 saturated carbocycles. The Kier molecular flexibility index (Phi) is 5.86. The molecular formula is C19H19F3N4O2. The number of nitrogens with one attached hydrogen (secondary N) is 3. The van der Waals surface area contributed by atoms with Crippen molar-refractivity contribution in [2.75, 3.05) is 5.32 Å². The van der Waals surface area contributed by atoms with E-state index in [1.807, 2.05) is 37.3 Å². The number of amidine groups is 1. The Labute approximate surface area is 159 Å². The molecule has 2 aromatic carbocycles. The molecule has 0 radical (unpaired) electrons. The fourth-order valence-electron chi connectivity index (χ4n) is 2.70. The number of halogens is 3. The highest BCUT2D eigenvalue weighted by Gasteiger charge is 2.30. The molecule has 0 amide bonds. The standard InChI is InChI=1S/C19H19F3N4O2/c1-13(10-14-6-3-2-4-7-14)26-12-17(28-25-26)24-18(27)23-16-9-5-8-15(11-16)19(20,21)22/h2-9,11-13,25H,10H2,1H3,(H2,23,24,27). The molecule has 0 fully saturated rings. The Morgan fingerprint density at radius 3 is 2.68 bits per heavy atom. The van der Waals surface area contributed by atoms with E-state index in [-0.39, 0.29) is 17.6 Å². The third kappa shape index (κ3) is 5.24. The van der Waals surface area contributed by atoms with Gasteiger partial charge in [0.2, 0.25) is 0 Å². The Morgan fingerprint density at radius 1 is 1.21 bits per heavy atom. The van der Waals surface area contributed by atoms with Gasteiger partial charge in [-0.05, 0) is 30.7 Å². The minimum Gasteiger partial charge on any atom is -0.846 e. The molecule has 0 aromatic heterocycles. The molecule has 9 heteroatoms. The summed E-state index contributed by atoms with van der Waals surface area (Å²) in [5.74, 6) is 0.0411. The van der Waals surface area contributed by atoms with Gasteiger partial charge in [0, 0.05) is 17.7 Å². The lowest BCUT2D eigenvalue weighted by Crippen LogP contribution is -3.16. The lowest BCUT2D eigenvalue weighted by molar-refractivity contribution is -0.934. The third-order valence-corrected chi connectivity index (χ3v) is 4.12. The summed E-state index contributed by atoms with van der Waals surface area (Å²) in [5.41, 5.74) is 3.03. The van der Waals surface area contributed by atoms with E-state index >= 15 is 0 Å². The van der Waals surface area contributed by atoms with E-state index in [1.165, 1.54) is 12.1 Å². The van der Waals surface area contributed by atoms with Crippen LogP contribution in [0.4, 0.5) is 18.9 Å². The molecule has 1 aliphatic rings. The van der Waals surface area contributed by atoms with Gasteiger partial charge in [-0.3, -0.25) is 0 Å². The average molecular weight is 392 g/mol. The minimum absolute atomic E-state index is 0.00298. The van der Waals surface area contributed by atoms with Crippen LogP contribution in [0.25, 0.3) is 0 Å². The van der Waals surface area contributed by atoms with Crippen LogP contribution < -0.4 is 21.0 Å². The highest BCUT2D eigenvalue weighted by molar-refractivity contribution is 5.86. The molecule has 148 valence electrons. The van der Waals surface area contributed by atoms with Crippen molar-refractivity contribution in [1.29, 1.82) is 0 Å². The first-order valence-electron chi connectivity index (χ1n) is 8.56. The summed E-state index contributed by atoms with van der Waals surface area (Å²) < 4.78 is 38.2. The van der Waals surface area contributed by atoms with Gasteiger partial charge in [-0.15, -0.1) is 0 Å². The molecule has 0 bridgehead atoms. The maximum atomic E-state index is 12.7. The SMILES string of the molecule is CC(Cc1ccccc1)[NH+]1C=C(/N=C(\[O-])Nc2cccc(C(F)(F)F)c2)ON1. The van der Waals surface area contributed by atoms with Crippen LogP contribution in [-0.4, -0.2) is 12.1 Å². The van der Waals surface area contributed by atoms with Crippen LogP contribution >= 0.6 is 0 Å². The molecule has 28 heavy (non-hydrogen) atoms. The lowest BCUT2D eigenvalue weighted by atomic mass is 10.1. The molecule has 3 N–H and O–H groups in total. The number of rotatable bonds is 5. The number of hydrogen-bond donors (Lipinski definition) is 3. The zero-order chi connectivity index (χ0) is 20.1.